The molecule has 0 saturated heterocycles. The third-order valence-corrected chi connectivity index (χ3v) is 4.84. The molecule has 0 amide bonds. The Morgan fingerprint density at radius 1 is 1.40 bits per heavy atom. The van der Waals surface area contributed by atoms with E-state index >= 15 is 0 Å². The molecular weight excluding hydrogens is 395 g/mol. The normalized spacial score (nSPS) is 12.5. The Hall–Kier alpha value is -3.62. The molecule has 1 N–H and O–H groups in total. The summed E-state index contributed by atoms with van der Waals surface area (Å²) in [6, 6.07) is 4.47. The summed E-state index contributed by atoms with van der Waals surface area (Å²) < 4.78 is 27.4. The molecule has 1 unspecified atom stereocenters. The zero-order chi connectivity index (χ0) is 21.4. The molecule has 0 aliphatic heterocycles. The number of hydrogen-bond acceptors (Lipinski definition) is 8. The number of nitrogens with zero attached hydrogens (tertiary/aromatic N) is 6. The van der Waals surface area contributed by atoms with E-state index in [1.165, 1.54) is 34.5 Å². The molecule has 0 aliphatic rings. The number of halogens is 1. The molecule has 3 aromatic heterocycles. The average Bonchev–Trinajstić information content (AvgIpc) is 3.40. The lowest BCUT2D eigenvalue weighted by molar-refractivity contribution is 0.187. The molecule has 0 fully saturated rings. The SMILES string of the molecule is COCCn1c(=O)c2c(-c3nc(C(C)CO)no3)ncn2c2ccc(F)c(C#N)c21. The third kappa shape index (κ3) is 2.94. The standard InChI is InChI=1S/C19H17FN6O4/c1-10(8-27)17-23-18(30-24-17)14-16-19(28)25(5-6-29-2)15-11(7-21)12(20)3-4-13(15)26(16)9-22-14/h3-4,9-10,27H,5-6,8H2,1-2H3. The van der Waals surface area contributed by atoms with Gasteiger partial charge in [0.05, 0.1) is 24.2 Å². The monoisotopic (exact) mass is 412 g/mol. The van der Waals surface area contributed by atoms with Crippen molar-refractivity contribution in [2.45, 2.75) is 19.4 Å². The van der Waals surface area contributed by atoms with E-state index in [9.17, 15) is 19.6 Å². The predicted octanol–water partition coefficient (Wildman–Crippen LogP) is 1.45. The Bertz CT molecular complexity index is 1350. The number of ether oxygens (including phenoxy) is 1. The van der Waals surface area contributed by atoms with Crippen LogP contribution >= 0.6 is 0 Å². The number of benzene rings is 1. The summed E-state index contributed by atoms with van der Waals surface area (Å²) in [5, 5.41) is 22.6. The summed E-state index contributed by atoms with van der Waals surface area (Å²) in [7, 11) is 1.48. The number of hydrogen-bond donors (Lipinski definition) is 1. The first-order valence-corrected chi connectivity index (χ1v) is 9.07. The van der Waals surface area contributed by atoms with Crippen LogP contribution in [0.4, 0.5) is 4.39 Å². The van der Waals surface area contributed by atoms with E-state index in [1.54, 1.807) is 6.92 Å². The summed E-state index contributed by atoms with van der Waals surface area (Å²) >= 11 is 0. The highest BCUT2D eigenvalue weighted by atomic mass is 19.1. The summed E-state index contributed by atoms with van der Waals surface area (Å²) in [6.45, 7) is 1.83. The van der Waals surface area contributed by atoms with E-state index in [0.717, 1.165) is 0 Å². The van der Waals surface area contributed by atoms with Gasteiger partial charge in [0.1, 0.15) is 29.3 Å². The second-order valence-corrected chi connectivity index (χ2v) is 6.70. The quantitative estimate of drug-likeness (QED) is 0.503. The van der Waals surface area contributed by atoms with Crippen LogP contribution in [0.2, 0.25) is 0 Å². The predicted molar refractivity (Wildman–Crippen MR) is 102 cm³/mol. The molecule has 0 radical (unpaired) electrons. The maximum atomic E-state index is 14.3. The summed E-state index contributed by atoms with van der Waals surface area (Å²) in [4.78, 5) is 21.9. The second kappa shape index (κ2) is 7.66. The maximum Gasteiger partial charge on any atom is 0.278 e. The summed E-state index contributed by atoms with van der Waals surface area (Å²) in [5.74, 6) is -0.778. The van der Waals surface area contributed by atoms with E-state index < -0.39 is 11.4 Å². The zero-order valence-corrected chi connectivity index (χ0v) is 16.2. The van der Waals surface area contributed by atoms with Crippen LogP contribution in [0.25, 0.3) is 28.1 Å². The zero-order valence-electron chi connectivity index (χ0n) is 16.2. The van der Waals surface area contributed by atoms with Gasteiger partial charge in [-0.15, -0.1) is 0 Å². The molecule has 10 nitrogen and oxygen atoms in total. The Morgan fingerprint density at radius 3 is 2.90 bits per heavy atom. The fourth-order valence-electron chi connectivity index (χ4n) is 3.26. The van der Waals surface area contributed by atoms with Crippen molar-refractivity contribution in [3.63, 3.8) is 0 Å². The number of fused-ring (bicyclic) bond motifs is 3. The van der Waals surface area contributed by atoms with Crippen molar-refractivity contribution >= 4 is 16.6 Å². The highest BCUT2D eigenvalue weighted by molar-refractivity contribution is 5.87. The topological polar surface area (TPSA) is 131 Å². The van der Waals surface area contributed by atoms with Crippen LogP contribution in [-0.4, -0.2) is 49.5 Å². The van der Waals surface area contributed by atoms with Gasteiger partial charge in [-0.1, -0.05) is 12.1 Å². The van der Waals surface area contributed by atoms with Crippen molar-refractivity contribution in [3.8, 4) is 17.7 Å². The van der Waals surface area contributed by atoms with Crippen molar-refractivity contribution in [1.29, 1.82) is 5.26 Å². The van der Waals surface area contributed by atoms with Gasteiger partial charge in [-0.25, -0.2) is 9.37 Å². The molecule has 11 heteroatoms. The van der Waals surface area contributed by atoms with Crippen LogP contribution in [0.5, 0.6) is 0 Å². The highest BCUT2D eigenvalue weighted by Gasteiger charge is 2.24. The van der Waals surface area contributed by atoms with Crippen molar-refractivity contribution in [3.05, 3.63) is 46.0 Å². The van der Waals surface area contributed by atoms with Gasteiger partial charge in [-0.3, -0.25) is 9.20 Å². The lowest BCUT2D eigenvalue weighted by Gasteiger charge is -2.13. The molecule has 0 aliphatic carbocycles. The Balaban J connectivity index is 2.06. The number of rotatable bonds is 6. The van der Waals surface area contributed by atoms with E-state index in [0.29, 0.717) is 5.52 Å². The first kappa shape index (κ1) is 19.7. The Labute approximate surface area is 168 Å². The Kier molecular flexibility index (Phi) is 5.03. The van der Waals surface area contributed by atoms with E-state index in [2.05, 4.69) is 15.1 Å². The van der Waals surface area contributed by atoms with Gasteiger partial charge in [0.25, 0.3) is 11.4 Å². The van der Waals surface area contributed by atoms with Crippen LogP contribution in [0.1, 0.15) is 24.2 Å². The third-order valence-electron chi connectivity index (χ3n) is 4.84. The number of methoxy groups -OCH3 is 1. The van der Waals surface area contributed by atoms with Crippen LogP contribution < -0.4 is 5.56 Å². The van der Waals surface area contributed by atoms with Crippen LogP contribution in [-0.2, 0) is 11.3 Å². The minimum Gasteiger partial charge on any atom is -0.396 e. The molecular formula is C19H17FN6O4. The van der Waals surface area contributed by atoms with E-state index in [4.69, 9.17) is 9.26 Å². The van der Waals surface area contributed by atoms with E-state index in [-0.39, 0.29) is 59.7 Å². The molecule has 0 spiro atoms. The molecule has 30 heavy (non-hydrogen) atoms. The molecule has 3 heterocycles. The van der Waals surface area contributed by atoms with Gasteiger partial charge in [0.2, 0.25) is 0 Å². The van der Waals surface area contributed by atoms with Gasteiger partial charge in [0.15, 0.2) is 11.5 Å². The Morgan fingerprint density at radius 2 is 2.20 bits per heavy atom. The van der Waals surface area contributed by atoms with Gasteiger partial charge in [-0.05, 0) is 12.1 Å². The largest absolute Gasteiger partial charge is 0.396 e. The fraction of sp³-hybridized carbons (Fsp3) is 0.316. The van der Waals surface area contributed by atoms with Crippen molar-refractivity contribution in [1.82, 2.24) is 24.1 Å². The van der Waals surface area contributed by atoms with E-state index in [1.807, 2.05) is 6.07 Å². The molecule has 4 rings (SSSR count). The molecule has 0 bridgehead atoms. The van der Waals surface area contributed by atoms with Crippen molar-refractivity contribution in [2.24, 2.45) is 0 Å². The molecule has 4 aromatic rings. The lowest BCUT2D eigenvalue weighted by atomic mass is 10.1. The number of aromatic nitrogens is 5. The number of nitriles is 1. The minimum absolute atomic E-state index is 0.0187. The van der Waals surface area contributed by atoms with Gasteiger partial charge in [-0.2, -0.15) is 10.2 Å². The molecule has 0 saturated carbocycles. The summed E-state index contributed by atoms with van der Waals surface area (Å²) in [5.41, 5.74) is 0.108. The van der Waals surface area contributed by atoms with Gasteiger partial charge in [0, 0.05) is 19.6 Å². The lowest BCUT2D eigenvalue weighted by Crippen LogP contribution is -2.25. The number of imidazole rings is 1. The van der Waals surface area contributed by atoms with Gasteiger partial charge >= 0.3 is 0 Å². The molecule has 1 atom stereocenters. The first-order chi connectivity index (χ1) is 14.5. The average molecular weight is 412 g/mol. The number of aliphatic hydroxyl groups excluding tert-OH is 1. The summed E-state index contributed by atoms with van der Waals surface area (Å²) in [6.07, 6.45) is 1.38. The van der Waals surface area contributed by atoms with Crippen molar-refractivity contribution < 1.29 is 18.8 Å². The number of aliphatic hydroxyl groups is 1. The first-order valence-electron chi connectivity index (χ1n) is 9.07. The smallest absolute Gasteiger partial charge is 0.278 e. The highest BCUT2D eigenvalue weighted by Crippen LogP contribution is 2.26. The fourth-order valence-corrected chi connectivity index (χ4v) is 3.26. The minimum atomic E-state index is -0.727. The molecule has 154 valence electrons. The van der Waals surface area contributed by atoms with Crippen LogP contribution in [0.15, 0.2) is 27.8 Å². The van der Waals surface area contributed by atoms with Crippen molar-refractivity contribution in [2.75, 3.05) is 20.3 Å². The molecule has 1 aromatic carbocycles. The second-order valence-electron chi connectivity index (χ2n) is 6.70. The van der Waals surface area contributed by atoms with Crippen LogP contribution in [0.3, 0.4) is 0 Å². The van der Waals surface area contributed by atoms with Crippen LogP contribution in [0, 0.1) is 17.1 Å². The van der Waals surface area contributed by atoms with Gasteiger partial charge < -0.3 is 18.9 Å². The maximum absolute atomic E-state index is 14.3.